The second-order valence-corrected chi connectivity index (χ2v) is 18.6. The van der Waals surface area contributed by atoms with Crippen molar-refractivity contribution in [3.63, 3.8) is 0 Å². The molecule has 340 valence electrons. The highest BCUT2D eigenvalue weighted by atomic mass is 127. The van der Waals surface area contributed by atoms with Crippen molar-refractivity contribution in [3.05, 3.63) is 172 Å². The average molecular weight is 1180 g/mol. The molecule has 0 aliphatic carbocycles. The first-order chi connectivity index (χ1) is 30.1. The molecule has 2 nitrogen and oxygen atoms in total. The highest BCUT2D eigenvalue weighted by Crippen LogP contribution is 2.40. The Morgan fingerprint density at radius 3 is 1.08 bits per heavy atom. The fraction of sp³-hybridized carbons (Fsp3) is 0.100. The van der Waals surface area contributed by atoms with Crippen LogP contribution in [0.3, 0.4) is 0 Å². The summed E-state index contributed by atoms with van der Waals surface area (Å²) in [5.74, 6) is -30.3. The summed E-state index contributed by atoms with van der Waals surface area (Å²) in [7, 11) is 0. The fourth-order valence-corrected chi connectivity index (χ4v) is 11.0. The maximum atomic E-state index is 16.0. The lowest BCUT2D eigenvalue weighted by Crippen LogP contribution is -3.61. The maximum Gasteiger partial charge on any atom is 0.362 e. The van der Waals surface area contributed by atoms with E-state index in [0.29, 0.717) is 13.2 Å². The Balaban J connectivity index is 0.000000337. The zero-order valence-corrected chi connectivity index (χ0v) is 39.4. The number of hydrogen-bond acceptors (Lipinski definition) is 2. The van der Waals surface area contributed by atoms with E-state index in [-0.39, 0.29) is 21.2 Å². The molecule has 0 heterocycles. The van der Waals surface area contributed by atoms with Crippen molar-refractivity contribution in [1.82, 2.24) is 0 Å². The van der Waals surface area contributed by atoms with E-state index in [2.05, 4.69) is 42.5 Å². The highest BCUT2D eigenvalue weighted by molar-refractivity contribution is 7.22. The van der Waals surface area contributed by atoms with Crippen LogP contribution in [-0.4, -0.2) is 26.0 Å². The Hall–Kier alpha value is -2.65. The van der Waals surface area contributed by atoms with Crippen LogP contribution in [0.15, 0.2) is 54.6 Å². The zero-order chi connectivity index (χ0) is 47.7. The third-order valence-electron chi connectivity index (χ3n) is 9.18. The van der Waals surface area contributed by atoms with Crippen molar-refractivity contribution >= 4 is 121 Å². The van der Waals surface area contributed by atoms with Gasteiger partial charge in [0.25, 0.3) is 0 Å². The smallest absolute Gasteiger partial charge is 0.362 e. The van der Waals surface area contributed by atoms with Crippen LogP contribution in [-0.2, 0) is 4.74 Å². The second-order valence-electron chi connectivity index (χ2n) is 12.7. The molecule has 24 heteroatoms. The minimum Gasteiger partial charge on any atom is -0.486 e. The van der Waals surface area contributed by atoms with Crippen molar-refractivity contribution in [2.24, 2.45) is 0 Å². The number of ether oxygens (including phenoxy) is 2. The van der Waals surface area contributed by atoms with E-state index in [4.69, 9.17) is 102 Å². The molecule has 0 unspecified atom stereocenters. The van der Waals surface area contributed by atoms with Crippen LogP contribution in [0.4, 0.5) is 52.7 Å². The molecule has 0 N–H and O–H groups in total. The third kappa shape index (κ3) is 9.44. The Labute approximate surface area is 405 Å². The van der Waals surface area contributed by atoms with E-state index in [1.807, 2.05) is 19.1 Å². The maximum absolute atomic E-state index is 16.0. The van der Waals surface area contributed by atoms with Gasteiger partial charge in [-0.2, -0.15) is 0 Å². The van der Waals surface area contributed by atoms with Gasteiger partial charge in [0.2, 0.25) is 3.57 Å². The Kier molecular flexibility index (Phi) is 17.6. The van der Waals surface area contributed by atoms with Crippen LogP contribution >= 0.6 is 92.8 Å². The van der Waals surface area contributed by atoms with E-state index in [0.717, 1.165) is 12.4 Å². The van der Waals surface area contributed by atoms with Crippen molar-refractivity contribution < 1.29 is 83.4 Å². The number of hydrogen-bond donors (Lipinski definition) is 0. The quantitative estimate of drug-likeness (QED) is 0.0322. The summed E-state index contributed by atoms with van der Waals surface area (Å²) in [6.07, 6.45) is -5.62. The van der Waals surface area contributed by atoms with Crippen LogP contribution in [0, 0.1) is 76.9 Å². The van der Waals surface area contributed by atoms with Crippen LogP contribution in [0.1, 0.15) is 6.92 Å². The van der Waals surface area contributed by atoms with Gasteiger partial charge in [0.15, 0.2) is 55.9 Å². The van der Waals surface area contributed by atoms with E-state index < -0.39 is 138 Å². The van der Waals surface area contributed by atoms with Crippen molar-refractivity contribution in [2.45, 2.75) is 6.92 Å². The topological polar surface area (TPSA) is 18.5 Å². The molecule has 0 atom stereocenters. The van der Waals surface area contributed by atoms with Crippen LogP contribution in [0.2, 0.25) is 40.2 Å². The fourth-order valence-electron chi connectivity index (χ4n) is 6.46. The lowest BCUT2D eigenvalue weighted by atomic mass is 9.12. The second kappa shape index (κ2) is 21.5. The zero-order valence-electron chi connectivity index (χ0n) is 31.1. The normalized spacial score (nSPS) is 11.5. The molecule has 0 aliphatic heterocycles. The molecule has 0 bridgehead atoms. The summed E-state index contributed by atoms with van der Waals surface area (Å²) in [6.45, 7) is 3.99. The number of rotatable bonds is 11. The molecule has 0 radical (unpaired) electrons. The Morgan fingerprint density at radius 2 is 0.734 bits per heavy atom. The van der Waals surface area contributed by atoms with Gasteiger partial charge in [-0.1, -0.05) is 123 Å². The third-order valence-corrected chi connectivity index (χ3v) is 15.4. The number of halogens is 21. The van der Waals surface area contributed by atoms with Gasteiger partial charge < -0.3 is 9.47 Å². The van der Waals surface area contributed by atoms with Gasteiger partial charge >= 0.3 is 21.2 Å². The van der Waals surface area contributed by atoms with Crippen LogP contribution in [0.25, 0.3) is 0 Å². The summed E-state index contributed by atoms with van der Waals surface area (Å²) < 4.78 is 196. The van der Waals surface area contributed by atoms with E-state index >= 15 is 35.1 Å². The molecule has 0 aliphatic rings. The molecular weight excluding hydrogens is 1160 g/mol. The van der Waals surface area contributed by atoms with Crippen molar-refractivity contribution in [2.75, 3.05) is 19.8 Å². The summed E-state index contributed by atoms with van der Waals surface area (Å²) in [5.41, 5.74) is -8.47. The predicted octanol–water partition coefficient (Wildman–Crippen LogP) is 10.2. The van der Waals surface area contributed by atoms with Gasteiger partial charge in [0.1, 0.15) is 36.0 Å². The SMILES string of the molecule is CCOCCOc1ccccc1[I+]c1ccccc1.Fc1c(F)c(Cl)c(Cl)c([B-](c2c(F)c(F)c(F)c(Cl)c2Cl)(c2c(F)c(F)c(F)c(Cl)c2Cl)c2c(F)c(F)c(F)c(Cl)c2Cl)c1F. The molecule has 64 heavy (non-hydrogen) atoms. The average Bonchev–Trinajstić information content (AvgIpc) is 3.28. The first-order valence-corrected chi connectivity index (χ1v) is 22.5. The lowest BCUT2D eigenvalue weighted by Gasteiger charge is -2.46. The van der Waals surface area contributed by atoms with E-state index in [9.17, 15) is 17.6 Å². The van der Waals surface area contributed by atoms with Gasteiger partial charge in [0.05, 0.1) is 26.7 Å². The minimum absolute atomic E-state index is 0.185. The van der Waals surface area contributed by atoms with E-state index in [1.54, 1.807) is 0 Å². The number of benzene rings is 6. The standard InChI is InChI=1S/C24BCl8F12.C16H18IO2/c26-5-1(13(34)21(42)17(38)9(5)30)25(2-6(27)10(31)18(39)22(43)14(2)35,3-7(28)11(32)19(40)23(44)15(3)36)4-8(29)12(33)20(41)24(45)16(4)37;1-2-18-12-13-19-16-11-7-6-10-15(16)17-14-8-4-3-5-9-14/h;3-11H,2,12-13H2,1H3/q-1;+1. The molecule has 0 fully saturated rings. The molecule has 6 rings (SSSR count). The molecule has 0 saturated carbocycles. The van der Waals surface area contributed by atoms with Crippen molar-refractivity contribution in [1.29, 1.82) is 0 Å². The first-order valence-electron chi connectivity index (χ1n) is 17.3. The summed E-state index contributed by atoms with van der Waals surface area (Å²) >= 11 is 46.5. The van der Waals surface area contributed by atoms with Gasteiger partial charge in [0, 0.05) is 26.7 Å². The minimum atomic E-state index is -5.62. The molecule has 6 aromatic rings. The lowest BCUT2D eigenvalue weighted by molar-refractivity contribution is -0.598. The van der Waals surface area contributed by atoms with Gasteiger partial charge in [-0.3, -0.25) is 0 Å². The summed E-state index contributed by atoms with van der Waals surface area (Å²) in [5, 5.41) is -13.9. The predicted molar refractivity (Wildman–Crippen MR) is 222 cm³/mol. The van der Waals surface area contributed by atoms with Gasteiger partial charge in [-0.05, 0) is 31.2 Å². The monoisotopic (exact) mass is 1180 g/mol. The van der Waals surface area contributed by atoms with Crippen LogP contribution in [0.5, 0.6) is 5.75 Å². The van der Waals surface area contributed by atoms with Crippen molar-refractivity contribution in [3.8, 4) is 5.75 Å². The Morgan fingerprint density at radius 1 is 0.406 bits per heavy atom. The highest BCUT2D eigenvalue weighted by Gasteiger charge is 2.50. The largest absolute Gasteiger partial charge is 0.486 e. The van der Waals surface area contributed by atoms with Gasteiger partial charge in [-0.15, -0.1) is 21.9 Å². The molecule has 0 aromatic heterocycles. The molecule has 0 amide bonds. The first kappa shape index (κ1) is 52.3. The summed E-state index contributed by atoms with van der Waals surface area (Å²) in [6, 6.07) is 18.9. The van der Waals surface area contributed by atoms with E-state index in [1.165, 1.54) is 7.14 Å². The molecule has 0 saturated heterocycles. The molecule has 0 spiro atoms. The molecule has 6 aromatic carbocycles. The number of para-hydroxylation sites is 1. The van der Waals surface area contributed by atoms with Crippen LogP contribution < -0.4 is 47.8 Å². The molecular formula is C40H18BCl8F12IO2. The summed E-state index contributed by atoms with van der Waals surface area (Å²) in [4.78, 5) is 0. The Bertz CT molecular complexity index is 2390. The van der Waals surface area contributed by atoms with Gasteiger partial charge in [-0.25, -0.2) is 52.7 Å².